The van der Waals surface area contributed by atoms with Crippen LogP contribution in [0.4, 0.5) is 5.82 Å². The van der Waals surface area contributed by atoms with Crippen molar-refractivity contribution in [2.45, 2.75) is 33.4 Å². The molecule has 0 unspecified atom stereocenters. The maximum Gasteiger partial charge on any atom is 0.168 e. The SMILES string of the molecule is Cc1c(N)nnn1Cc1ncnn1C(C)C. The Bertz CT molecular complexity index is 482. The van der Waals surface area contributed by atoms with Gasteiger partial charge in [0.25, 0.3) is 0 Å². The summed E-state index contributed by atoms with van der Waals surface area (Å²) in [5.74, 6) is 1.30. The summed E-state index contributed by atoms with van der Waals surface area (Å²) >= 11 is 0. The van der Waals surface area contributed by atoms with Crippen molar-refractivity contribution in [3.05, 3.63) is 17.8 Å². The van der Waals surface area contributed by atoms with Crippen LogP contribution in [0.15, 0.2) is 6.33 Å². The molecular formula is C9H15N7. The van der Waals surface area contributed by atoms with E-state index in [2.05, 4.69) is 34.2 Å². The van der Waals surface area contributed by atoms with Crippen molar-refractivity contribution in [1.29, 1.82) is 0 Å². The Morgan fingerprint density at radius 2 is 2.19 bits per heavy atom. The molecule has 0 aliphatic carbocycles. The third-order valence-corrected chi connectivity index (χ3v) is 2.45. The number of anilines is 1. The first-order chi connectivity index (χ1) is 7.59. The molecular weight excluding hydrogens is 206 g/mol. The minimum Gasteiger partial charge on any atom is -0.381 e. The number of rotatable bonds is 3. The van der Waals surface area contributed by atoms with E-state index in [1.54, 1.807) is 11.0 Å². The standard InChI is InChI=1S/C9H15N7/c1-6(2)16-8(11-5-12-16)4-15-7(3)9(10)13-14-15/h5-6H,4,10H2,1-3H3. The van der Waals surface area contributed by atoms with Gasteiger partial charge in [-0.1, -0.05) is 5.21 Å². The summed E-state index contributed by atoms with van der Waals surface area (Å²) in [5.41, 5.74) is 6.48. The number of hydrogen-bond acceptors (Lipinski definition) is 5. The monoisotopic (exact) mass is 221 g/mol. The fourth-order valence-corrected chi connectivity index (χ4v) is 1.48. The van der Waals surface area contributed by atoms with Gasteiger partial charge in [0.1, 0.15) is 18.7 Å². The van der Waals surface area contributed by atoms with Crippen molar-refractivity contribution >= 4 is 5.82 Å². The Balaban J connectivity index is 2.27. The van der Waals surface area contributed by atoms with Crippen LogP contribution >= 0.6 is 0 Å². The fraction of sp³-hybridized carbons (Fsp3) is 0.556. The molecule has 7 heteroatoms. The van der Waals surface area contributed by atoms with Gasteiger partial charge in [-0.05, 0) is 20.8 Å². The van der Waals surface area contributed by atoms with Crippen LogP contribution in [-0.2, 0) is 6.54 Å². The molecule has 0 fully saturated rings. The molecule has 2 aromatic rings. The zero-order chi connectivity index (χ0) is 11.7. The summed E-state index contributed by atoms with van der Waals surface area (Å²) < 4.78 is 3.58. The molecule has 0 radical (unpaired) electrons. The van der Waals surface area contributed by atoms with E-state index in [1.165, 1.54) is 0 Å². The number of hydrogen-bond donors (Lipinski definition) is 1. The summed E-state index contributed by atoms with van der Waals surface area (Å²) in [7, 11) is 0. The summed E-state index contributed by atoms with van der Waals surface area (Å²) in [6, 6.07) is 0.277. The highest BCUT2D eigenvalue weighted by Crippen LogP contribution is 2.10. The zero-order valence-electron chi connectivity index (χ0n) is 9.62. The first-order valence-corrected chi connectivity index (χ1v) is 5.13. The van der Waals surface area contributed by atoms with Gasteiger partial charge >= 0.3 is 0 Å². The molecule has 0 saturated carbocycles. The van der Waals surface area contributed by atoms with Crippen LogP contribution < -0.4 is 5.73 Å². The topological polar surface area (TPSA) is 87.4 Å². The Morgan fingerprint density at radius 3 is 2.75 bits per heavy atom. The second-order valence-corrected chi connectivity index (χ2v) is 3.93. The van der Waals surface area contributed by atoms with Gasteiger partial charge in [-0.3, -0.25) is 0 Å². The molecule has 0 atom stereocenters. The van der Waals surface area contributed by atoms with E-state index in [0.29, 0.717) is 12.4 Å². The van der Waals surface area contributed by atoms with E-state index < -0.39 is 0 Å². The van der Waals surface area contributed by atoms with Gasteiger partial charge in [0, 0.05) is 6.04 Å². The molecule has 0 aliphatic heterocycles. The van der Waals surface area contributed by atoms with E-state index in [1.807, 2.05) is 11.6 Å². The van der Waals surface area contributed by atoms with Crippen LogP contribution in [0.2, 0.25) is 0 Å². The number of nitrogens with zero attached hydrogens (tertiary/aromatic N) is 6. The van der Waals surface area contributed by atoms with E-state index >= 15 is 0 Å². The third-order valence-electron chi connectivity index (χ3n) is 2.45. The summed E-state index contributed by atoms with van der Waals surface area (Å²) in [4.78, 5) is 4.21. The maximum absolute atomic E-state index is 5.63. The van der Waals surface area contributed by atoms with Crippen molar-refractivity contribution in [2.75, 3.05) is 5.73 Å². The van der Waals surface area contributed by atoms with Gasteiger partial charge in [-0.25, -0.2) is 14.3 Å². The van der Waals surface area contributed by atoms with Crippen LogP contribution in [0.3, 0.4) is 0 Å². The minimum atomic E-state index is 0.277. The quantitative estimate of drug-likeness (QED) is 0.810. The van der Waals surface area contributed by atoms with Gasteiger partial charge < -0.3 is 5.73 Å². The van der Waals surface area contributed by atoms with Gasteiger partial charge in [0.15, 0.2) is 5.82 Å². The van der Waals surface area contributed by atoms with Gasteiger partial charge in [-0.15, -0.1) is 5.10 Å². The highest BCUT2D eigenvalue weighted by atomic mass is 15.5. The van der Waals surface area contributed by atoms with Gasteiger partial charge in [0.2, 0.25) is 0 Å². The molecule has 2 N–H and O–H groups in total. The van der Waals surface area contributed by atoms with Crippen LogP contribution in [-0.4, -0.2) is 29.8 Å². The lowest BCUT2D eigenvalue weighted by molar-refractivity contribution is 0.482. The lowest BCUT2D eigenvalue weighted by Gasteiger charge is -2.09. The Kier molecular flexibility index (Phi) is 2.59. The summed E-state index contributed by atoms with van der Waals surface area (Å²) in [5, 5.41) is 11.9. The predicted octanol–water partition coefficient (Wildman–Crippen LogP) is 0.389. The van der Waals surface area contributed by atoms with Crippen molar-refractivity contribution in [3.63, 3.8) is 0 Å². The molecule has 0 spiro atoms. The molecule has 0 aromatic carbocycles. The van der Waals surface area contributed by atoms with Gasteiger partial charge in [-0.2, -0.15) is 5.10 Å². The van der Waals surface area contributed by atoms with Crippen LogP contribution in [0.25, 0.3) is 0 Å². The Labute approximate surface area is 93.3 Å². The van der Waals surface area contributed by atoms with Crippen LogP contribution in [0, 0.1) is 6.92 Å². The molecule has 0 bridgehead atoms. The smallest absolute Gasteiger partial charge is 0.168 e. The highest BCUT2D eigenvalue weighted by Gasteiger charge is 2.11. The largest absolute Gasteiger partial charge is 0.381 e. The first kappa shape index (κ1) is 10.6. The summed E-state index contributed by atoms with van der Waals surface area (Å²) in [6.07, 6.45) is 1.55. The molecule has 2 aromatic heterocycles. The Morgan fingerprint density at radius 1 is 1.44 bits per heavy atom. The molecule has 86 valence electrons. The Hall–Kier alpha value is -1.92. The molecule has 0 aliphatic rings. The van der Waals surface area contributed by atoms with E-state index in [-0.39, 0.29) is 6.04 Å². The number of nitrogen functional groups attached to an aromatic ring is 1. The van der Waals surface area contributed by atoms with Crippen molar-refractivity contribution in [3.8, 4) is 0 Å². The van der Waals surface area contributed by atoms with E-state index in [0.717, 1.165) is 11.5 Å². The number of nitrogens with two attached hydrogens (primary N) is 1. The maximum atomic E-state index is 5.63. The lowest BCUT2D eigenvalue weighted by Crippen LogP contribution is -2.13. The van der Waals surface area contributed by atoms with Crippen molar-refractivity contribution < 1.29 is 0 Å². The van der Waals surface area contributed by atoms with Gasteiger partial charge in [0.05, 0.1) is 5.69 Å². The average Bonchev–Trinajstić information content (AvgIpc) is 2.80. The average molecular weight is 221 g/mol. The molecule has 2 rings (SSSR count). The highest BCUT2D eigenvalue weighted by molar-refractivity contribution is 5.31. The van der Waals surface area contributed by atoms with Crippen molar-refractivity contribution in [1.82, 2.24) is 29.8 Å². The first-order valence-electron chi connectivity index (χ1n) is 5.13. The number of aromatic nitrogens is 6. The predicted molar refractivity (Wildman–Crippen MR) is 58.7 cm³/mol. The second-order valence-electron chi connectivity index (χ2n) is 3.93. The lowest BCUT2D eigenvalue weighted by atomic mass is 10.4. The van der Waals surface area contributed by atoms with E-state index in [9.17, 15) is 0 Å². The second kappa shape index (κ2) is 3.92. The molecule has 7 nitrogen and oxygen atoms in total. The summed E-state index contributed by atoms with van der Waals surface area (Å²) in [6.45, 7) is 6.53. The zero-order valence-corrected chi connectivity index (χ0v) is 9.62. The molecule has 2 heterocycles. The third kappa shape index (κ3) is 1.75. The normalized spacial score (nSPS) is 11.2. The molecule has 16 heavy (non-hydrogen) atoms. The molecule has 0 amide bonds. The van der Waals surface area contributed by atoms with Crippen molar-refractivity contribution in [2.24, 2.45) is 0 Å². The van der Waals surface area contributed by atoms with Crippen LogP contribution in [0.1, 0.15) is 31.4 Å². The molecule has 0 saturated heterocycles. The minimum absolute atomic E-state index is 0.277. The van der Waals surface area contributed by atoms with Crippen LogP contribution in [0.5, 0.6) is 0 Å². The fourth-order valence-electron chi connectivity index (χ4n) is 1.48. The van der Waals surface area contributed by atoms with E-state index in [4.69, 9.17) is 5.73 Å².